The van der Waals surface area contributed by atoms with Gasteiger partial charge in [0.2, 0.25) is 5.91 Å². The van der Waals surface area contributed by atoms with Crippen LogP contribution in [0.15, 0.2) is 36.5 Å². The number of nitrogens with one attached hydrogen (secondary N) is 2. The fourth-order valence-corrected chi connectivity index (χ4v) is 4.63. The Kier molecular flexibility index (Phi) is 5.64. The van der Waals surface area contributed by atoms with Crippen LogP contribution in [0.3, 0.4) is 0 Å². The number of amides is 1. The van der Waals surface area contributed by atoms with Gasteiger partial charge in [-0.1, -0.05) is 30.3 Å². The summed E-state index contributed by atoms with van der Waals surface area (Å²) in [6.45, 7) is 2.29. The highest BCUT2D eigenvalue weighted by atomic mass is 32.2. The molecule has 3 rings (SSSR count). The molecule has 0 spiro atoms. The number of benzene rings is 1. The number of rotatable bonds is 5. The fourth-order valence-electron chi connectivity index (χ4n) is 3.37. The molecule has 0 aliphatic carbocycles. The highest BCUT2D eigenvalue weighted by Gasteiger charge is 2.41. The molecule has 2 heterocycles. The van der Waals surface area contributed by atoms with Gasteiger partial charge in [-0.3, -0.25) is 9.48 Å². The Morgan fingerprint density at radius 1 is 1.30 bits per heavy atom. The lowest BCUT2D eigenvalue weighted by Gasteiger charge is -2.36. The normalized spacial score (nSPS) is 22.5. The summed E-state index contributed by atoms with van der Waals surface area (Å²) in [4.78, 5) is 12.7. The van der Waals surface area contributed by atoms with Crippen molar-refractivity contribution in [1.29, 1.82) is 0 Å². The number of hydrogen-bond donors (Lipinski definition) is 2. The summed E-state index contributed by atoms with van der Waals surface area (Å²) in [7, 11) is -0.540. The van der Waals surface area contributed by atoms with E-state index in [9.17, 15) is 13.2 Å². The number of likely N-dealkylation sites (N-methyl/N-ethyl adjacent to an activating group) is 1. The molecule has 0 bridgehead atoms. The molecule has 0 saturated carbocycles. The Hall–Kier alpha value is -2.23. The van der Waals surface area contributed by atoms with Crippen LogP contribution in [0.2, 0.25) is 0 Å². The molecular formula is C18H25N5O3S. The largest absolute Gasteiger partial charge is 0.354 e. The van der Waals surface area contributed by atoms with E-state index in [1.807, 2.05) is 37.3 Å². The maximum absolute atomic E-state index is 12.7. The lowest BCUT2D eigenvalue weighted by atomic mass is 10.00. The minimum Gasteiger partial charge on any atom is -0.354 e. The van der Waals surface area contributed by atoms with Crippen molar-refractivity contribution in [3.63, 3.8) is 0 Å². The highest BCUT2D eigenvalue weighted by molar-refractivity contribution is 7.87. The lowest BCUT2D eigenvalue weighted by molar-refractivity contribution is -0.125. The van der Waals surface area contributed by atoms with E-state index >= 15 is 0 Å². The summed E-state index contributed by atoms with van der Waals surface area (Å²) in [5, 5.41) is 7.14. The number of carbonyl (C=O) groups is 1. The maximum atomic E-state index is 12.7. The fraction of sp³-hybridized carbons (Fsp3) is 0.444. The van der Waals surface area contributed by atoms with E-state index in [0.717, 1.165) is 21.1 Å². The van der Waals surface area contributed by atoms with E-state index in [2.05, 4.69) is 15.1 Å². The van der Waals surface area contributed by atoms with Gasteiger partial charge in [0.15, 0.2) is 0 Å². The van der Waals surface area contributed by atoms with E-state index < -0.39 is 22.3 Å². The van der Waals surface area contributed by atoms with Crippen LogP contribution in [0, 0.1) is 6.92 Å². The molecule has 8 nitrogen and oxygen atoms in total. The van der Waals surface area contributed by atoms with E-state index in [1.165, 1.54) is 7.05 Å². The van der Waals surface area contributed by atoms with E-state index in [1.54, 1.807) is 17.9 Å². The van der Waals surface area contributed by atoms with Crippen LogP contribution in [-0.4, -0.2) is 48.0 Å². The van der Waals surface area contributed by atoms with E-state index in [-0.39, 0.29) is 5.91 Å². The summed E-state index contributed by atoms with van der Waals surface area (Å²) < 4.78 is 30.4. The van der Waals surface area contributed by atoms with Crippen LogP contribution >= 0.6 is 0 Å². The van der Waals surface area contributed by atoms with Crippen molar-refractivity contribution >= 4 is 16.1 Å². The van der Waals surface area contributed by atoms with Gasteiger partial charge >= 0.3 is 0 Å². The third-order valence-electron chi connectivity index (χ3n) is 4.85. The van der Waals surface area contributed by atoms with Gasteiger partial charge in [0, 0.05) is 32.4 Å². The Morgan fingerprint density at radius 2 is 2.00 bits per heavy atom. The molecule has 1 aromatic carbocycles. The first-order valence-electron chi connectivity index (χ1n) is 8.85. The van der Waals surface area contributed by atoms with Crippen molar-refractivity contribution in [2.45, 2.75) is 31.8 Å². The standard InChI is InChI=1S/C18H25N5O3S/c1-13-15(12-22(2)20-13)16-11-17(23(3)27(25,26)21-16)18(24)19-10-9-14-7-5-4-6-8-14/h4-8,12,16-17,21H,9-11H2,1-3H3,(H,19,24). The predicted molar refractivity (Wildman–Crippen MR) is 102 cm³/mol. The molecule has 1 saturated heterocycles. The number of aromatic nitrogens is 2. The van der Waals surface area contributed by atoms with Crippen molar-refractivity contribution in [3.05, 3.63) is 53.3 Å². The van der Waals surface area contributed by atoms with Crippen LogP contribution in [0.5, 0.6) is 0 Å². The summed E-state index contributed by atoms with van der Waals surface area (Å²) in [6.07, 6.45) is 2.83. The molecule has 1 aliphatic rings. The second kappa shape index (κ2) is 7.79. The zero-order valence-corrected chi connectivity index (χ0v) is 16.5. The zero-order chi connectivity index (χ0) is 19.6. The van der Waals surface area contributed by atoms with Crippen LogP contribution in [0.25, 0.3) is 0 Å². The first-order valence-corrected chi connectivity index (χ1v) is 10.3. The Labute approximate surface area is 159 Å². The minimum atomic E-state index is -3.75. The molecule has 2 unspecified atom stereocenters. The predicted octanol–water partition coefficient (Wildman–Crippen LogP) is 0.667. The minimum absolute atomic E-state index is 0.287. The molecule has 146 valence electrons. The second-order valence-corrected chi connectivity index (χ2v) is 8.58. The van der Waals surface area contributed by atoms with Gasteiger partial charge in [-0.05, 0) is 25.3 Å². The van der Waals surface area contributed by atoms with Crippen molar-refractivity contribution in [1.82, 2.24) is 24.1 Å². The van der Waals surface area contributed by atoms with Crippen LogP contribution in [-0.2, 0) is 28.5 Å². The Balaban J connectivity index is 1.70. The van der Waals surface area contributed by atoms with Gasteiger partial charge < -0.3 is 5.32 Å². The van der Waals surface area contributed by atoms with E-state index in [4.69, 9.17) is 0 Å². The maximum Gasteiger partial charge on any atom is 0.280 e. The molecule has 2 aromatic rings. The van der Waals surface area contributed by atoms with Gasteiger partial charge in [0.25, 0.3) is 10.2 Å². The average Bonchev–Trinajstić information content (AvgIpc) is 2.96. The second-order valence-electron chi connectivity index (χ2n) is 6.81. The van der Waals surface area contributed by atoms with Crippen LogP contribution < -0.4 is 10.0 Å². The van der Waals surface area contributed by atoms with Crippen molar-refractivity contribution in [2.75, 3.05) is 13.6 Å². The molecule has 0 radical (unpaired) electrons. The van der Waals surface area contributed by atoms with Gasteiger partial charge in [-0.15, -0.1) is 0 Å². The SMILES string of the molecule is Cc1nn(C)cc1C1CC(C(=O)NCCc2ccccc2)N(C)S(=O)(=O)N1. The smallest absolute Gasteiger partial charge is 0.280 e. The Morgan fingerprint density at radius 3 is 2.63 bits per heavy atom. The zero-order valence-electron chi connectivity index (χ0n) is 15.7. The monoisotopic (exact) mass is 391 g/mol. The first kappa shape index (κ1) is 19.5. The van der Waals surface area contributed by atoms with E-state index in [0.29, 0.717) is 19.4 Å². The molecule has 27 heavy (non-hydrogen) atoms. The number of hydrogen-bond acceptors (Lipinski definition) is 4. The topological polar surface area (TPSA) is 96.3 Å². The summed E-state index contributed by atoms with van der Waals surface area (Å²) in [5.74, 6) is -0.287. The van der Waals surface area contributed by atoms with Gasteiger partial charge in [-0.25, -0.2) is 0 Å². The number of carbonyl (C=O) groups excluding carboxylic acids is 1. The molecule has 2 atom stereocenters. The van der Waals surface area contributed by atoms with Gasteiger partial charge in [0.1, 0.15) is 6.04 Å². The van der Waals surface area contributed by atoms with Gasteiger partial charge in [0.05, 0.1) is 11.7 Å². The quantitative estimate of drug-likeness (QED) is 0.783. The number of aryl methyl sites for hydroxylation is 2. The first-order chi connectivity index (χ1) is 12.8. The summed E-state index contributed by atoms with van der Waals surface area (Å²) >= 11 is 0. The Bertz CT molecular complexity index is 910. The third kappa shape index (κ3) is 4.37. The lowest BCUT2D eigenvalue weighted by Crippen LogP contribution is -2.57. The summed E-state index contributed by atoms with van der Waals surface area (Å²) in [5.41, 5.74) is 2.65. The summed E-state index contributed by atoms with van der Waals surface area (Å²) in [6, 6.07) is 8.58. The molecule has 1 amide bonds. The van der Waals surface area contributed by atoms with Crippen LogP contribution in [0.4, 0.5) is 0 Å². The number of nitrogens with zero attached hydrogens (tertiary/aromatic N) is 3. The molecule has 2 N–H and O–H groups in total. The molecular weight excluding hydrogens is 366 g/mol. The van der Waals surface area contributed by atoms with Gasteiger partial charge in [-0.2, -0.15) is 22.5 Å². The van der Waals surface area contributed by atoms with Crippen LogP contribution in [0.1, 0.15) is 29.3 Å². The molecule has 1 fully saturated rings. The average molecular weight is 391 g/mol. The molecule has 1 aromatic heterocycles. The third-order valence-corrected chi connectivity index (χ3v) is 6.45. The molecule has 1 aliphatic heterocycles. The van der Waals surface area contributed by atoms with Crippen molar-refractivity contribution < 1.29 is 13.2 Å². The molecule has 9 heteroatoms. The van der Waals surface area contributed by atoms with Crippen molar-refractivity contribution in [3.8, 4) is 0 Å². The van der Waals surface area contributed by atoms with Crippen molar-refractivity contribution in [2.24, 2.45) is 7.05 Å². The highest BCUT2D eigenvalue weighted by Crippen LogP contribution is 2.29.